The maximum absolute atomic E-state index is 5.88. The van der Waals surface area contributed by atoms with Gasteiger partial charge < -0.3 is 19.5 Å². The number of ether oxygens (including phenoxy) is 1. The fourth-order valence-electron chi connectivity index (χ4n) is 4.98. The van der Waals surface area contributed by atoms with Gasteiger partial charge in [0, 0.05) is 49.5 Å². The molecule has 6 nitrogen and oxygen atoms in total. The molecule has 0 saturated carbocycles. The van der Waals surface area contributed by atoms with Crippen LogP contribution in [0.2, 0.25) is 0 Å². The summed E-state index contributed by atoms with van der Waals surface area (Å²) in [5.41, 5.74) is 4.62. The lowest BCUT2D eigenvalue weighted by atomic mass is 10.0. The Morgan fingerprint density at radius 3 is 2.55 bits per heavy atom. The third-order valence-electron chi connectivity index (χ3n) is 6.60. The van der Waals surface area contributed by atoms with Crippen molar-refractivity contribution in [3.63, 3.8) is 0 Å². The fourth-order valence-corrected chi connectivity index (χ4v) is 5.31. The number of hydrogen-bond acceptors (Lipinski definition) is 4. The number of nitrogens with one attached hydrogen (secondary N) is 1. The van der Waals surface area contributed by atoms with Crippen molar-refractivity contribution >= 4 is 17.3 Å². The van der Waals surface area contributed by atoms with Crippen LogP contribution in [-0.4, -0.2) is 63.9 Å². The van der Waals surface area contributed by atoms with E-state index in [0.717, 1.165) is 56.6 Å². The summed E-state index contributed by atoms with van der Waals surface area (Å²) in [6.45, 7) is 7.81. The smallest absolute Gasteiger partial charge is 0.170 e. The molecule has 33 heavy (non-hydrogen) atoms. The lowest BCUT2D eigenvalue weighted by molar-refractivity contribution is 0.0365. The molecule has 7 heteroatoms. The van der Waals surface area contributed by atoms with Gasteiger partial charge in [-0.1, -0.05) is 24.3 Å². The molecule has 0 unspecified atom stereocenters. The SMILES string of the molecule is Cc1ccc([C@H]2[C@H](c3ccccn3)NC(=S)N2CCCN2CCOCC2)n1-c1ccccc1. The van der Waals surface area contributed by atoms with E-state index in [9.17, 15) is 0 Å². The normalized spacial score (nSPS) is 21.4. The minimum Gasteiger partial charge on any atom is -0.379 e. The summed E-state index contributed by atoms with van der Waals surface area (Å²) in [6.07, 6.45) is 2.91. The van der Waals surface area contributed by atoms with Crippen LogP contribution in [0.1, 0.15) is 35.6 Å². The van der Waals surface area contributed by atoms with Crippen molar-refractivity contribution in [1.82, 2.24) is 24.7 Å². The minimum atomic E-state index is -0.00107. The average molecular weight is 462 g/mol. The van der Waals surface area contributed by atoms with Gasteiger partial charge in [-0.3, -0.25) is 9.88 Å². The number of aryl methyl sites for hydroxylation is 1. The van der Waals surface area contributed by atoms with E-state index in [1.54, 1.807) is 0 Å². The molecule has 172 valence electrons. The molecule has 0 bridgehead atoms. The largest absolute Gasteiger partial charge is 0.379 e. The summed E-state index contributed by atoms with van der Waals surface area (Å²) in [6, 6.07) is 21.2. The molecule has 2 fully saturated rings. The Labute approximate surface area is 201 Å². The van der Waals surface area contributed by atoms with E-state index in [4.69, 9.17) is 17.0 Å². The standard InChI is InChI=1S/C26H31N5OS/c1-20-11-12-23(31(20)21-8-3-2-4-9-21)25-24(22-10-5-6-13-27-22)28-26(33)30(25)15-7-14-29-16-18-32-19-17-29/h2-6,8-13,24-25H,7,14-19H2,1H3,(H,28,33)/t24-,25-/m0/s1. The first-order valence-electron chi connectivity index (χ1n) is 11.7. The molecule has 2 aliphatic rings. The molecule has 0 spiro atoms. The lowest BCUT2D eigenvalue weighted by Crippen LogP contribution is -2.39. The van der Waals surface area contributed by atoms with Gasteiger partial charge >= 0.3 is 0 Å². The number of morpholine rings is 1. The topological polar surface area (TPSA) is 45.6 Å². The summed E-state index contributed by atoms with van der Waals surface area (Å²) in [5.74, 6) is 0. The predicted octanol–water partition coefficient (Wildman–Crippen LogP) is 3.88. The Balaban J connectivity index is 1.47. The van der Waals surface area contributed by atoms with Crippen molar-refractivity contribution in [2.45, 2.75) is 25.4 Å². The molecular formula is C26H31N5OS. The molecule has 2 aromatic heterocycles. The van der Waals surface area contributed by atoms with Crippen LogP contribution in [0.25, 0.3) is 5.69 Å². The second kappa shape index (κ2) is 10.0. The molecule has 1 N–H and O–H groups in total. The Hall–Kier alpha value is -2.74. The maximum atomic E-state index is 5.88. The summed E-state index contributed by atoms with van der Waals surface area (Å²) in [5, 5.41) is 4.40. The first kappa shape index (κ1) is 22.1. The summed E-state index contributed by atoms with van der Waals surface area (Å²) < 4.78 is 7.85. The highest BCUT2D eigenvalue weighted by Crippen LogP contribution is 2.40. The minimum absolute atomic E-state index is 0.00107. The zero-order valence-electron chi connectivity index (χ0n) is 19.1. The van der Waals surface area contributed by atoms with E-state index in [1.165, 1.54) is 17.1 Å². The molecular weight excluding hydrogens is 430 g/mol. The second-order valence-electron chi connectivity index (χ2n) is 8.70. The number of benzene rings is 1. The summed E-state index contributed by atoms with van der Waals surface area (Å²) in [4.78, 5) is 9.54. The molecule has 0 aliphatic carbocycles. The lowest BCUT2D eigenvalue weighted by Gasteiger charge is -2.31. The summed E-state index contributed by atoms with van der Waals surface area (Å²) >= 11 is 5.88. The summed E-state index contributed by atoms with van der Waals surface area (Å²) in [7, 11) is 0. The van der Waals surface area contributed by atoms with Gasteiger partial charge in [0.1, 0.15) is 0 Å². The van der Waals surface area contributed by atoms with E-state index < -0.39 is 0 Å². The third kappa shape index (κ3) is 4.67. The van der Waals surface area contributed by atoms with Gasteiger partial charge in [0.05, 0.1) is 31.0 Å². The van der Waals surface area contributed by atoms with Crippen LogP contribution in [0.3, 0.4) is 0 Å². The molecule has 2 atom stereocenters. The van der Waals surface area contributed by atoms with Gasteiger partial charge in [0.15, 0.2) is 5.11 Å². The van der Waals surface area contributed by atoms with Crippen LogP contribution >= 0.6 is 12.2 Å². The molecule has 3 aromatic rings. The van der Waals surface area contributed by atoms with Crippen LogP contribution in [0.4, 0.5) is 0 Å². The zero-order valence-corrected chi connectivity index (χ0v) is 19.9. The van der Waals surface area contributed by atoms with Gasteiger partial charge in [-0.2, -0.15) is 0 Å². The molecule has 4 heterocycles. The molecule has 5 rings (SSSR count). The highest BCUT2D eigenvalue weighted by atomic mass is 32.1. The number of nitrogens with zero attached hydrogens (tertiary/aromatic N) is 4. The number of rotatable bonds is 7. The Morgan fingerprint density at radius 1 is 1.00 bits per heavy atom. The van der Waals surface area contributed by atoms with Gasteiger partial charge in [0.25, 0.3) is 0 Å². The van der Waals surface area contributed by atoms with E-state index >= 15 is 0 Å². The molecule has 0 amide bonds. The van der Waals surface area contributed by atoms with E-state index in [1.807, 2.05) is 18.3 Å². The van der Waals surface area contributed by atoms with Crippen molar-refractivity contribution in [2.75, 3.05) is 39.4 Å². The number of hydrogen-bond donors (Lipinski definition) is 1. The van der Waals surface area contributed by atoms with E-state index in [2.05, 4.69) is 80.1 Å². The molecule has 0 radical (unpaired) electrons. The van der Waals surface area contributed by atoms with E-state index in [-0.39, 0.29) is 12.1 Å². The fraction of sp³-hybridized carbons (Fsp3) is 0.385. The average Bonchev–Trinajstić information content (AvgIpc) is 3.40. The van der Waals surface area contributed by atoms with Crippen LogP contribution in [-0.2, 0) is 4.74 Å². The van der Waals surface area contributed by atoms with Crippen molar-refractivity contribution < 1.29 is 4.74 Å². The number of thiocarbonyl (C=S) groups is 1. The second-order valence-corrected chi connectivity index (χ2v) is 9.08. The van der Waals surface area contributed by atoms with Crippen molar-refractivity contribution in [1.29, 1.82) is 0 Å². The van der Waals surface area contributed by atoms with Crippen LogP contribution in [0, 0.1) is 6.92 Å². The van der Waals surface area contributed by atoms with Gasteiger partial charge in [0.2, 0.25) is 0 Å². The van der Waals surface area contributed by atoms with Crippen LogP contribution in [0.15, 0.2) is 66.9 Å². The van der Waals surface area contributed by atoms with Crippen LogP contribution in [0.5, 0.6) is 0 Å². The number of aromatic nitrogens is 2. The Morgan fingerprint density at radius 2 is 1.79 bits per heavy atom. The van der Waals surface area contributed by atoms with Crippen LogP contribution < -0.4 is 5.32 Å². The molecule has 1 aromatic carbocycles. The van der Waals surface area contributed by atoms with Gasteiger partial charge in [-0.05, 0) is 62.0 Å². The number of pyridine rings is 1. The van der Waals surface area contributed by atoms with Crippen molar-refractivity contribution in [3.05, 3.63) is 83.9 Å². The molecule has 2 saturated heterocycles. The predicted molar refractivity (Wildman–Crippen MR) is 135 cm³/mol. The van der Waals surface area contributed by atoms with Crippen molar-refractivity contribution in [3.8, 4) is 5.69 Å². The Bertz CT molecular complexity index is 1060. The zero-order chi connectivity index (χ0) is 22.6. The van der Waals surface area contributed by atoms with E-state index in [0.29, 0.717) is 0 Å². The number of para-hydroxylation sites is 1. The quantitative estimate of drug-likeness (QED) is 0.539. The van der Waals surface area contributed by atoms with Gasteiger partial charge in [-0.15, -0.1) is 0 Å². The Kier molecular flexibility index (Phi) is 6.71. The molecule has 2 aliphatic heterocycles. The first-order valence-corrected chi connectivity index (χ1v) is 12.1. The van der Waals surface area contributed by atoms with Crippen molar-refractivity contribution in [2.24, 2.45) is 0 Å². The monoisotopic (exact) mass is 461 g/mol. The maximum Gasteiger partial charge on any atom is 0.170 e. The highest BCUT2D eigenvalue weighted by Gasteiger charge is 2.41. The first-order chi connectivity index (χ1) is 16.2. The third-order valence-corrected chi connectivity index (χ3v) is 6.95. The van der Waals surface area contributed by atoms with Gasteiger partial charge in [-0.25, -0.2) is 0 Å². The highest BCUT2D eigenvalue weighted by molar-refractivity contribution is 7.80.